The summed E-state index contributed by atoms with van der Waals surface area (Å²) in [6, 6.07) is 3.81. The number of nitrogen functional groups attached to an aromatic ring is 1. The van der Waals surface area contributed by atoms with E-state index >= 15 is 0 Å². The smallest absolute Gasteiger partial charge is 0.311 e. The molecule has 1 unspecified atom stereocenters. The van der Waals surface area contributed by atoms with Crippen LogP contribution in [0.3, 0.4) is 0 Å². The quantitative estimate of drug-likeness (QED) is 0.647. The zero-order valence-corrected chi connectivity index (χ0v) is 13.2. The Kier molecular flexibility index (Phi) is 4.30. The van der Waals surface area contributed by atoms with Gasteiger partial charge in [0.25, 0.3) is 0 Å². The van der Waals surface area contributed by atoms with Crippen LogP contribution in [0.4, 0.5) is 11.4 Å². The van der Waals surface area contributed by atoms with Crippen LogP contribution in [0.15, 0.2) is 12.1 Å². The molecule has 0 fully saturated rings. The number of fused-ring (bicyclic) bond motifs is 1. The molecule has 2 rings (SSSR count). The lowest BCUT2D eigenvalue weighted by Gasteiger charge is -2.23. The first kappa shape index (κ1) is 15.5. The predicted octanol–water partition coefficient (Wildman–Crippen LogP) is 2.59. The number of methoxy groups -OCH3 is 1. The molecule has 0 aliphatic carbocycles. The average Bonchev–Trinajstić information content (AvgIpc) is 2.57. The number of anilines is 2. The highest BCUT2D eigenvalue weighted by molar-refractivity contribution is 5.75. The standard InChI is InChI=1S/C16H24N2O3/c1-16(2,3)21-15(19)11-6-5-10-7-12(17)14(20-4)8-13(10)18-9-11/h7-8,11,18H,5-6,9,17H2,1-4H3. The summed E-state index contributed by atoms with van der Waals surface area (Å²) in [5.41, 5.74) is 8.19. The second-order valence-electron chi connectivity index (χ2n) is 6.40. The van der Waals surface area contributed by atoms with Crippen LogP contribution in [0.1, 0.15) is 32.8 Å². The third-order valence-corrected chi connectivity index (χ3v) is 3.50. The third-order valence-electron chi connectivity index (χ3n) is 3.50. The minimum absolute atomic E-state index is 0.149. The van der Waals surface area contributed by atoms with Crippen molar-refractivity contribution >= 4 is 17.3 Å². The van der Waals surface area contributed by atoms with Gasteiger partial charge >= 0.3 is 5.97 Å². The lowest BCUT2D eigenvalue weighted by molar-refractivity contribution is -0.159. The van der Waals surface area contributed by atoms with E-state index in [1.807, 2.05) is 32.9 Å². The predicted molar refractivity (Wildman–Crippen MR) is 83.6 cm³/mol. The molecule has 1 atom stereocenters. The van der Waals surface area contributed by atoms with Gasteiger partial charge in [-0.05, 0) is 45.2 Å². The number of ether oxygens (including phenoxy) is 2. The zero-order valence-electron chi connectivity index (χ0n) is 13.2. The number of carbonyl (C=O) groups is 1. The number of esters is 1. The van der Waals surface area contributed by atoms with E-state index in [1.54, 1.807) is 7.11 Å². The largest absolute Gasteiger partial charge is 0.495 e. The Morgan fingerprint density at radius 3 is 2.71 bits per heavy atom. The summed E-state index contributed by atoms with van der Waals surface area (Å²) in [5, 5.41) is 3.31. The lowest BCUT2D eigenvalue weighted by atomic mass is 10.0. The molecule has 1 heterocycles. The van der Waals surface area contributed by atoms with Crippen LogP contribution in [-0.2, 0) is 16.0 Å². The van der Waals surface area contributed by atoms with Gasteiger partial charge in [0.05, 0.1) is 18.7 Å². The molecule has 21 heavy (non-hydrogen) atoms. The van der Waals surface area contributed by atoms with Gasteiger partial charge < -0.3 is 20.5 Å². The molecule has 0 saturated carbocycles. The molecule has 1 aliphatic heterocycles. The third kappa shape index (κ3) is 3.80. The Bertz CT molecular complexity index is 535. The monoisotopic (exact) mass is 292 g/mol. The first-order valence-electron chi connectivity index (χ1n) is 7.23. The molecule has 0 bridgehead atoms. The van der Waals surface area contributed by atoms with Gasteiger partial charge in [-0.3, -0.25) is 4.79 Å². The van der Waals surface area contributed by atoms with E-state index in [4.69, 9.17) is 15.2 Å². The van der Waals surface area contributed by atoms with E-state index in [1.165, 1.54) is 0 Å². The normalized spacial score (nSPS) is 18.2. The Labute approximate surface area is 125 Å². The van der Waals surface area contributed by atoms with E-state index in [0.29, 0.717) is 18.0 Å². The van der Waals surface area contributed by atoms with Crippen LogP contribution in [0.5, 0.6) is 5.75 Å². The highest BCUT2D eigenvalue weighted by Gasteiger charge is 2.27. The van der Waals surface area contributed by atoms with E-state index in [2.05, 4.69) is 5.32 Å². The number of rotatable bonds is 2. The number of nitrogens with two attached hydrogens (primary N) is 1. The molecule has 0 spiro atoms. The van der Waals surface area contributed by atoms with Crippen molar-refractivity contribution in [3.8, 4) is 5.75 Å². The zero-order chi connectivity index (χ0) is 15.6. The van der Waals surface area contributed by atoms with Crippen molar-refractivity contribution in [3.63, 3.8) is 0 Å². The fourth-order valence-electron chi connectivity index (χ4n) is 2.44. The first-order chi connectivity index (χ1) is 9.80. The topological polar surface area (TPSA) is 73.6 Å². The summed E-state index contributed by atoms with van der Waals surface area (Å²) >= 11 is 0. The van der Waals surface area contributed by atoms with E-state index in [9.17, 15) is 4.79 Å². The van der Waals surface area contributed by atoms with Gasteiger partial charge in [0, 0.05) is 18.3 Å². The Hall–Kier alpha value is -1.91. The maximum Gasteiger partial charge on any atom is 0.311 e. The fourth-order valence-corrected chi connectivity index (χ4v) is 2.44. The molecule has 5 heteroatoms. The first-order valence-corrected chi connectivity index (χ1v) is 7.23. The van der Waals surface area contributed by atoms with E-state index in [0.717, 1.165) is 24.1 Å². The van der Waals surface area contributed by atoms with Crippen molar-refractivity contribution in [3.05, 3.63) is 17.7 Å². The van der Waals surface area contributed by atoms with Crippen LogP contribution in [-0.4, -0.2) is 25.2 Å². The molecule has 1 aromatic carbocycles. The average molecular weight is 292 g/mol. The van der Waals surface area contributed by atoms with Gasteiger partial charge in [-0.2, -0.15) is 0 Å². The number of hydrogen-bond acceptors (Lipinski definition) is 5. The van der Waals surface area contributed by atoms with Crippen molar-refractivity contribution in [1.82, 2.24) is 0 Å². The number of benzene rings is 1. The van der Waals surface area contributed by atoms with Crippen LogP contribution in [0, 0.1) is 5.92 Å². The van der Waals surface area contributed by atoms with Gasteiger partial charge in [0.1, 0.15) is 11.4 Å². The summed E-state index contributed by atoms with van der Waals surface area (Å²) in [6.45, 7) is 6.22. The van der Waals surface area contributed by atoms with Crippen LogP contribution >= 0.6 is 0 Å². The summed E-state index contributed by atoms with van der Waals surface area (Å²) in [6.07, 6.45) is 1.54. The molecular weight excluding hydrogens is 268 g/mol. The molecular formula is C16H24N2O3. The summed E-state index contributed by atoms with van der Waals surface area (Å²) in [4.78, 5) is 12.2. The maximum atomic E-state index is 12.2. The van der Waals surface area contributed by atoms with Crippen molar-refractivity contribution in [2.24, 2.45) is 5.92 Å². The Balaban J connectivity index is 2.12. The van der Waals surface area contributed by atoms with E-state index in [-0.39, 0.29) is 11.9 Å². The van der Waals surface area contributed by atoms with Crippen LogP contribution < -0.4 is 15.8 Å². The molecule has 0 amide bonds. The number of carbonyl (C=O) groups excluding carboxylic acids is 1. The fraction of sp³-hybridized carbons (Fsp3) is 0.562. The molecule has 1 aromatic rings. The van der Waals surface area contributed by atoms with Gasteiger partial charge in [0.15, 0.2) is 0 Å². The molecule has 0 aromatic heterocycles. The van der Waals surface area contributed by atoms with Gasteiger partial charge in [-0.1, -0.05) is 0 Å². The minimum atomic E-state index is -0.454. The summed E-state index contributed by atoms with van der Waals surface area (Å²) in [7, 11) is 1.60. The molecule has 0 saturated heterocycles. The second kappa shape index (κ2) is 5.84. The van der Waals surface area contributed by atoms with Gasteiger partial charge in [-0.15, -0.1) is 0 Å². The number of nitrogens with one attached hydrogen (secondary N) is 1. The Morgan fingerprint density at radius 2 is 2.10 bits per heavy atom. The SMILES string of the molecule is COc1cc2c(cc1N)CCC(C(=O)OC(C)(C)C)CN2. The van der Waals surface area contributed by atoms with Crippen LogP contribution in [0.25, 0.3) is 0 Å². The lowest BCUT2D eigenvalue weighted by Crippen LogP contribution is -2.31. The molecule has 116 valence electrons. The number of hydrogen-bond donors (Lipinski definition) is 2. The number of aryl methyl sites for hydroxylation is 1. The van der Waals surface area contributed by atoms with Gasteiger partial charge in [-0.25, -0.2) is 0 Å². The molecule has 3 N–H and O–H groups in total. The summed E-state index contributed by atoms with van der Waals surface area (Å²) < 4.78 is 10.7. The minimum Gasteiger partial charge on any atom is -0.495 e. The summed E-state index contributed by atoms with van der Waals surface area (Å²) in [5.74, 6) is 0.351. The van der Waals surface area contributed by atoms with Crippen molar-refractivity contribution in [2.75, 3.05) is 24.7 Å². The molecule has 5 nitrogen and oxygen atoms in total. The highest BCUT2D eigenvalue weighted by Crippen LogP contribution is 2.33. The van der Waals surface area contributed by atoms with Crippen molar-refractivity contribution < 1.29 is 14.3 Å². The van der Waals surface area contributed by atoms with Crippen molar-refractivity contribution in [2.45, 2.75) is 39.2 Å². The molecule has 0 radical (unpaired) electrons. The van der Waals surface area contributed by atoms with Crippen molar-refractivity contribution in [1.29, 1.82) is 0 Å². The second-order valence-corrected chi connectivity index (χ2v) is 6.40. The Morgan fingerprint density at radius 1 is 1.38 bits per heavy atom. The van der Waals surface area contributed by atoms with E-state index < -0.39 is 5.60 Å². The van der Waals surface area contributed by atoms with Gasteiger partial charge in [0.2, 0.25) is 0 Å². The molecule has 1 aliphatic rings. The van der Waals surface area contributed by atoms with Crippen LogP contribution in [0.2, 0.25) is 0 Å². The highest BCUT2D eigenvalue weighted by atomic mass is 16.6. The maximum absolute atomic E-state index is 12.2.